The summed E-state index contributed by atoms with van der Waals surface area (Å²) in [6, 6.07) is 1.96. The molecule has 1 fully saturated rings. The fourth-order valence-electron chi connectivity index (χ4n) is 3.17. The zero-order valence-electron chi connectivity index (χ0n) is 14.3. The molecule has 1 saturated carbocycles. The summed E-state index contributed by atoms with van der Waals surface area (Å²) in [4.78, 5) is 4.28. The number of hydrogen-bond donors (Lipinski definition) is 2. The zero-order valence-corrected chi connectivity index (χ0v) is 16.7. The molecule has 0 atom stereocenters. The summed E-state index contributed by atoms with van der Waals surface area (Å²) in [5.41, 5.74) is 0. The van der Waals surface area contributed by atoms with Gasteiger partial charge in [0, 0.05) is 39.1 Å². The highest BCUT2D eigenvalue weighted by atomic mass is 127. The molecule has 132 valence electrons. The standard InChI is InChI=1S/C17H31N5.HI/c1-18-17(20-12-6-14-22-15-7-13-21-22)19-11-5-10-16-8-3-2-4-9-16;/h7,13,15-16H,2-6,8-12,14H2,1H3,(H2,18,19,20);1H. The van der Waals surface area contributed by atoms with E-state index in [1.165, 1.54) is 44.9 Å². The van der Waals surface area contributed by atoms with Crippen molar-refractivity contribution in [3.8, 4) is 0 Å². The average Bonchev–Trinajstić information content (AvgIpc) is 3.08. The van der Waals surface area contributed by atoms with Crippen molar-refractivity contribution in [1.29, 1.82) is 0 Å². The van der Waals surface area contributed by atoms with Gasteiger partial charge in [0.05, 0.1) is 0 Å². The van der Waals surface area contributed by atoms with Crippen molar-refractivity contribution in [2.75, 3.05) is 20.1 Å². The molecule has 0 saturated heterocycles. The number of nitrogens with one attached hydrogen (secondary N) is 2. The predicted molar refractivity (Wildman–Crippen MR) is 107 cm³/mol. The topological polar surface area (TPSA) is 54.2 Å². The van der Waals surface area contributed by atoms with Crippen LogP contribution in [0.2, 0.25) is 0 Å². The Hall–Kier alpha value is -0.790. The lowest BCUT2D eigenvalue weighted by molar-refractivity contribution is 0.332. The van der Waals surface area contributed by atoms with Gasteiger partial charge in [-0.3, -0.25) is 9.67 Å². The third-order valence-corrected chi connectivity index (χ3v) is 4.45. The molecular formula is C17H32IN5. The first-order valence-corrected chi connectivity index (χ1v) is 8.80. The molecule has 1 aliphatic carbocycles. The zero-order chi connectivity index (χ0) is 15.5. The fourth-order valence-corrected chi connectivity index (χ4v) is 3.17. The van der Waals surface area contributed by atoms with Crippen LogP contribution in [0.5, 0.6) is 0 Å². The van der Waals surface area contributed by atoms with Crippen LogP contribution in [-0.2, 0) is 6.54 Å². The van der Waals surface area contributed by atoms with Gasteiger partial charge in [0.1, 0.15) is 0 Å². The Kier molecular flexibility index (Phi) is 11.1. The van der Waals surface area contributed by atoms with Crippen LogP contribution < -0.4 is 10.6 Å². The van der Waals surface area contributed by atoms with Crippen molar-refractivity contribution in [3.05, 3.63) is 18.5 Å². The van der Waals surface area contributed by atoms with Crippen LogP contribution in [0.25, 0.3) is 0 Å². The van der Waals surface area contributed by atoms with Crippen molar-refractivity contribution >= 4 is 29.9 Å². The van der Waals surface area contributed by atoms with Crippen molar-refractivity contribution in [2.45, 2.75) is 57.9 Å². The summed E-state index contributed by atoms with van der Waals surface area (Å²) < 4.78 is 1.96. The molecular weight excluding hydrogens is 401 g/mol. The van der Waals surface area contributed by atoms with Gasteiger partial charge in [-0.1, -0.05) is 32.1 Å². The molecule has 6 heteroatoms. The maximum absolute atomic E-state index is 4.28. The van der Waals surface area contributed by atoms with Crippen LogP contribution in [-0.4, -0.2) is 35.9 Å². The lowest BCUT2D eigenvalue weighted by Crippen LogP contribution is -2.38. The maximum Gasteiger partial charge on any atom is 0.190 e. The quantitative estimate of drug-likeness (QED) is 0.286. The van der Waals surface area contributed by atoms with E-state index in [2.05, 4.69) is 20.7 Å². The summed E-state index contributed by atoms with van der Waals surface area (Å²) in [5.74, 6) is 1.89. The Morgan fingerprint density at radius 1 is 1.17 bits per heavy atom. The van der Waals surface area contributed by atoms with Crippen LogP contribution in [0.4, 0.5) is 0 Å². The lowest BCUT2D eigenvalue weighted by Gasteiger charge is -2.21. The average molecular weight is 433 g/mol. The van der Waals surface area contributed by atoms with Gasteiger partial charge in [-0.2, -0.15) is 5.10 Å². The van der Waals surface area contributed by atoms with Crippen molar-refractivity contribution in [1.82, 2.24) is 20.4 Å². The van der Waals surface area contributed by atoms with Gasteiger partial charge in [0.2, 0.25) is 0 Å². The third-order valence-electron chi connectivity index (χ3n) is 4.45. The van der Waals surface area contributed by atoms with Gasteiger partial charge < -0.3 is 10.6 Å². The van der Waals surface area contributed by atoms with Crippen LogP contribution in [0.3, 0.4) is 0 Å². The molecule has 0 bridgehead atoms. The van der Waals surface area contributed by atoms with E-state index in [0.29, 0.717) is 0 Å². The first-order chi connectivity index (χ1) is 10.9. The highest BCUT2D eigenvalue weighted by Crippen LogP contribution is 2.26. The van der Waals surface area contributed by atoms with Crippen LogP contribution in [0.1, 0.15) is 51.4 Å². The highest BCUT2D eigenvalue weighted by Gasteiger charge is 2.12. The third kappa shape index (κ3) is 8.58. The number of nitrogens with zero attached hydrogens (tertiary/aromatic N) is 3. The molecule has 0 aromatic carbocycles. The first kappa shape index (κ1) is 20.3. The lowest BCUT2D eigenvalue weighted by atomic mass is 9.86. The number of aliphatic imine (C=N–C) groups is 1. The fraction of sp³-hybridized carbons (Fsp3) is 0.765. The minimum atomic E-state index is 0. The van der Waals surface area contributed by atoms with Crippen LogP contribution >= 0.6 is 24.0 Å². The van der Waals surface area contributed by atoms with E-state index >= 15 is 0 Å². The van der Waals surface area contributed by atoms with E-state index in [9.17, 15) is 0 Å². The summed E-state index contributed by atoms with van der Waals surface area (Å²) in [5, 5.41) is 11.0. The SMILES string of the molecule is CN=C(NCCCC1CCCCC1)NCCCn1cccn1.I. The monoisotopic (exact) mass is 433 g/mol. The number of hydrogen-bond acceptors (Lipinski definition) is 2. The van der Waals surface area contributed by atoms with Gasteiger partial charge >= 0.3 is 0 Å². The molecule has 2 N–H and O–H groups in total. The van der Waals surface area contributed by atoms with E-state index < -0.39 is 0 Å². The largest absolute Gasteiger partial charge is 0.356 e. The molecule has 1 heterocycles. The molecule has 0 radical (unpaired) electrons. The second-order valence-corrected chi connectivity index (χ2v) is 6.19. The van der Waals surface area contributed by atoms with Gasteiger partial charge in [-0.15, -0.1) is 24.0 Å². The number of rotatable bonds is 8. The second-order valence-electron chi connectivity index (χ2n) is 6.19. The van der Waals surface area contributed by atoms with Gasteiger partial charge in [0.15, 0.2) is 5.96 Å². The van der Waals surface area contributed by atoms with Crippen LogP contribution in [0.15, 0.2) is 23.5 Å². The molecule has 5 nitrogen and oxygen atoms in total. The van der Waals surface area contributed by atoms with E-state index in [1.54, 1.807) is 0 Å². The Labute approximate surface area is 157 Å². The van der Waals surface area contributed by atoms with Crippen molar-refractivity contribution in [3.63, 3.8) is 0 Å². The Morgan fingerprint density at radius 2 is 1.91 bits per heavy atom. The molecule has 23 heavy (non-hydrogen) atoms. The van der Waals surface area contributed by atoms with E-state index in [0.717, 1.165) is 37.9 Å². The number of aromatic nitrogens is 2. The van der Waals surface area contributed by atoms with Crippen LogP contribution in [0, 0.1) is 5.92 Å². The summed E-state index contributed by atoms with van der Waals surface area (Å²) >= 11 is 0. The summed E-state index contributed by atoms with van der Waals surface area (Å²) in [7, 11) is 1.84. The summed E-state index contributed by atoms with van der Waals surface area (Å²) in [6.45, 7) is 2.89. The van der Waals surface area contributed by atoms with E-state index in [-0.39, 0.29) is 24.0 Å². The van der Waals surface area contributed by atoms with E-state index in [4.69, 9.17) is 0 Å². The Balaban J connectivity index is 0.00000264. The summed E-state index contributed by atoms with van der Waals surface area (Å²) in [6.07, 6.45) is 14.7. The molecule has 0 aliphatic heterocycles. The molecule has 1 aromatic heterocycles. The van der Waals surface area contributed by atoms with E-state index in [1.807, 2.05) is 30.2 Å². The molecule has 0 amide bonds. The highest BCUT2D eigenvalue weighted by molar-refractivity contribution is 14.0. The number of aryl methyl sites for hydroxylation is 1. The molecule has 0 spiro atoms. The molecule has 2 rings (SSSR count). The minimum absolute atomic E-state index is 0. The Morgan fingerprint density at radius 3 is 2.57 bits per heavy atom. The van der Waals surface area contributed by atoms with Gasteiger partial charge in [-0.05, 0) is 31.2 Å². The van der Waals surface area contributed by atoms with Gasteiger partial charge in [0.25, 0.3) is 0 Å². The predicted octanol–water partition coefficient (Wildman–Crippen LogP) is 3.42. The maximum atomic E-state index is 4.28. The smallest absolute Gasteiger partial charge is 0.190 e. The molecule has 0 unspecified atom stereocenters. The number of guanidine groups is 1. The first-order valence-electron chi connectivity index (χ1n) is 8.80. The molecule has 1 aromatic rings. The number of halogens is 1. The van der Waals surface area contributed by atoms with Crippen molar-refractivity contribution < 1.29 is 0 Å². The molecule has 1 aliphatic rings. The minimum Gasteiger partial charge on any atom is -0.356 e. The Bertz CT molecular complexity index is 413. The second kappa shape index (κ2) is 12.6. The van der Waals surface area contributed by atoms with Gasteiger partial charge in [-0.25, -0.2) is 0 Å². The van der Waals surface area contributed by atoms with Crippen molar-refractivity contribution in [2.24, 2.45) is 10.9 Å². The normalized spacial score (nSPS) is 16.0.